The smallest absolute Gasteiger partial charge is 0.252 e. The van der Waals surface area contributed by atoms with E-state index in [1.807, 2.05) is 25.1 Å². The van der Waals surface area contributed by atoms with Gasteiger partial charge in [0.1, 0.15) is 0 Å². The van der Waals surface area contributed by atoms with Gasteiger partial charge in [0.15, 0.2) is 0 Å². The van der Waals surface area contributed by atoms with Gasteiger partial charge in [-0.25, -0.2) is 0 Å². The number of rotatable bonds is 6. The second-order valence-electron chi connectivity index (χ2n) is 4.76. The van der Waals surface area contributed by atoms with E-state index in [2.05, 4.69) is 21.2 Å². The molecule has 1 aromatic rings. The van der Waals surface area contributed by atoms with E-state index in [1.165, 1.54) is 12.8 Å². The Balaban J connectivity index is 1.72. The summed E-state index contributed by atoms with van der Waals surface area (Å²) in [6.07, 6.45) is 2.59. The number of halogens is 1. The summed E-state index contributed by atoms with van der Waals surface area (Å²) in [5.41, 5.74) is 1.80. The molecule has 1 aliphatic rings. The van der Waals surface area contributed by atoms with Crippen molar-refractivity contribution in [2.75, 3.05) is 19.8 Å². The van der Waals surface area contributed by atoms with Crippen molar-refractivity contribution in [1.29, 1.82) is 0 Å². The molecule has 0 radical (unpaired) electrons. The molecule has 4 heteroatoms. The summed E-state index contributed by atoms with van der Waals surface area (Å²) in [5.74, 6) is 0.712. The molecule has 0 saturated heterocycles. The number of hydrogen-bond donors (Lipinski definition) is 1. The molecule has 1 N–H and O–H groups in total. The molecule has 1 aliphatic carbocycles. The second-order valence-corrected chi connectivity index (χ2v) is 5.61. The van der Waals surface area contributed by atoms with E-state index in [1.54, 1.807) is 0 Å². The number of carbonyl (C=O) groups is 1. The maximum absolute atomic E-state index is 11.9. The number of benzene rings is 1. The van der Waals surface area contributed by atoms with E-state index in [0.717, 1.165) is 22.6 Å². The van der Waals surface area contributed by atoms with Gasteiger partial charge in [-0.15, -0.1) is 0 Å². The molecule has 1 saturated carbocycles. The lowest BCUT2D eigenvalue weighted by Gasteiger charge is -2.08. The van der Waals surface area contributed by atoms with Crippen molar-refractivity contribution in [3.05, 3.63) is 33.8 Å². The lowest BCUT2D eigenvalue weighted by atomic mass is 10.1. The van der Waals surface area contributed by atoms with E-state index >= 15 is 0 Å². The fourth-order valence-corrected chi connectivity index (χ4v) is 2.34. The topological polar surface area (TPSA) is 38.3 Å². The summed E-state index contributed by atoms with van der Waals surface area (Å²) in [7, 11) is 0. The first-order valence-corrected chi connectivity index (χ1v) is 7.08. The van der Waals surface area contributed by atoms with Crippen LogP contribution in [0.4, 0.5) is 0 Å². The van der Waals surface area contributed by atoms with Crippen LogP contribution in [-0.2, 0) is 4.74 Å². The Morgan fingerprint density at radius 1 is 1.50 bits per heavy atom. The van der Waals surface area contributed by atoms with Crippen LogP contribution in [0.1, 0.15) is 28.8 Å². The highest BCUT2D eigenvalue weighted by Gasteiger charge is 2.20. The van der Waals surface area contributed by atoms with Crippen molar-refractivity contribution in [3.63, 3.8) is 0 Å². The van der Waals surface area contributed by atoms with Crippen molar-refractivity contribution >= 4 is 21.8 Å². The molecular weight excluding hydrogens is 294 g/mol. The Labute approximate surface area is 116 Å². The number of nitrogens with one attached hydrogen (secondary N) is 1. The van der Waals surface area contributed by atoms with Gasteiger partial charge in [0.05, 0.1) is 12.2 Å². The molecule has 3 nitrogen and oxygen atoms in total. The van der Waals surface area contributed by atoms with Gasteiger partial charge in [0.25, 0.3) is 5.91 Å². The van der Waals surface area contributed by atoms with Gasteiger partial charge in [0, 0.05) is 17.6 Å². The van der Waals surface area contributed by atoms with Crippen LogP contribution in [0.15, 0.2) is 22.7 Å². The first-order valence-electron chi connectivity index (χ1n) is 6.29. The quantitative estimate of drug-likeness (QED) is 0.820. The Morgan fingerprint density at radius 2 is 2.28 bits per heavy atom. The fourth-order valence-electron chi connectivity index (χ4n) is 1.67. The van der Waals surface area contributed by atoms with Crippen LogP contribution in [0, 0.1) is 12.8 Å². The molecule has 1 fully saturated rings. The van der Waals surface area contributed by atoms with Crippen molar-refractivity contribution in [3.8, 4) is 0 Å². The SMILES string of the molecule is Cc1ccc(C(=O)NCCOCC2CC2)c(Br)c1. The van der Waals surface area contributed by atoms with Gasteiger partial charge in [0.2, 0.25) is 0 Å². The highest BCUT2D eigenvalue weighted by molar-refractivity contribution is 9.10. The first-order chi connectivity index (χ1) is 8.66. The van der Waals surface area contributed by atoms with Crippen LogP contribution in [0.2, 0.25) is 0 Å². The van der Waals surface area contributed by atoms with E-state index in [-0.39, 0.29) is 5.91 Å². The van der Waals surface area contributed by atoms with Crippen LogP contribution in [0.5, 0.6) is 0 Å². The minimum atomic E-state index is -0.0584. The molecule has 0 atom stereocenters. The summed E-state index contributed by atoms with van der Waals surface area (Å²) >= 11 is 3.41. The molecule has 1 amide bonds. The lowest BCUT2D eigenvalue weighted by Crippen LogP contribution is -2.27. The molecule has 1 aromatic carbocycles. The van der Waals surface area contributed by atoms with E-state index < -0.39 is 0 Å². The maximum atomic E-state index is 11.9. The minimum absolute atomic E-state index is 0.0584. The Morgan fingerprint density at radius 3 is 2.94 bits per heavy atom. The predicted octanol–water partition coefficient (Wildman–Crippen LogP) is 2.91. The number of carbonyl (C=O) groups excluding carboxylic acids is 1. The number of ether oxygens (including phenoxy) is 1. The predicted molar refractivity (Wildman–Crippen MR) is 74.8 cm³/mol. The highest BCUT2D eigenvalue weighted by Crippen LogP contribution is 2.28. The summed E-state index contributed by atoms with van der Waals surface area (Å²) in [6.45, 7) is 3.99. The number of aryl methyl sites for hydroxylation is 1. The van der Waals surface area contributed by atoms with Crippen LogP contribution >= 0.6 is 15.9 Å². The molecular formula is C14H18BrNO2. The third-order valence-electron chi connectivity index (χ3n) is 2.95. The average Bonchev–Trinajstić information content (AvgIpc) is 3.12. The maximum Gasteiger partial charge on any atom is 0.252 e. The molecule has 0 unspecified atom stereocenters. The van der Waals surface area contributed by atoms with Gasteiger partial charge >= 0.3 is 0 Å². The number of amides is 1. The van der Waals surface area contributed by atoms with Gasteiger partial charge in [-0.3, -0.25) is 4.79 Å². The summed E-state index contributed by atoms with van der Waals surface area (Å²) in [5, 5.41) is 2.86. The molecule has 0 bridgehead atoms. The van der Waals surface area contributed by atoms with E-state index in [0.29, 0.717) is 18.7 Å². The third-order valence-corrected chi connectivity index (χ3v) is 3.61. The molecule has 0 aromatic heterocycles. The van der Waals surface area contributed by atoms with Crippen LogP contribution < -0.4 is 5.32 Å². The standard InChI is InChI=1S/C14H18BrNO2/c1-10-2-5-12(13(15)8-10)14(17)16-6-7-18-9-11-3-4-11/h2,5,8,11H,3-4,6-7,9H2,1H3,(H,16,17). The zero-order valence-electron chi connectivity index (χ0n) is 10.5. The van der Waals surface area contributed by atoms with Crippen molar-refractivity contribution in [1.82, 2.24) is 5.32 Å². The summed E-state index contributed by atoms with van der Waals surface area (Å²) < 4.78 is 6.30. The second kappa shape index (κ2) is 6.34. The largest absolute Gasteiger partial charge is 0.379 e. The Hall–Kier alpha value is -0.870. The van der Waals surface area contributed by atoms with Crippen molar-refractivity contribution in [2.45, 2.75) is 19.8 Å². The lowest BCUT2D eigenvalue weighted by molar-refractivity contribution is 0.0906. The minimum Gasteiger partial charge on any atom is -0.379 e. The zero-order chi connectivity index (χ0) is 13.0. The van der Waals surface area contributed by atoms with E-state index in [4.69, 9.17) is 4.74 Å². The fraction of sp³-hybridized carbons (Fsp3) is 0.500. The molecule has 0 aliphatic heterocycles. The van der Waals surface area contributed by atoms with Gasteiger partial charge in [-0.1, -0.05) is 6.07 Å². The third kappa shape index (κ3) is 4.10. The highest BCUT2D eigenvalue weighted by atomic mass is 79.9. The molecule has 0 heterocycles. The molecule has 2 rings (SSSR count). The normalized spacial score (nSPS) is 14.6. The summed E-state index contributed by atoms with van der Waals surface area (Å²) in [6, 6.07) is 5.71. The van der Waals surface area contributed by atoms with Crippen LogP contribution in [0.25, 0.3) is 0 Å². The molecule has 0 spiro atoms. The monoisotopic (exact) mass is 311 g/mol. The first kappa shape index (κ1) is 13.6. The Bertz CT molecular complexity index is 430. The average molecular weight is 312 g/mol. The van der Waals surface area contributed by atoms with Crippen molar-refractivity contribution in [2.24, 2.45) is 5.92 Å². The summed E-state index contributed by atoms with van der Waals surface area (Å²) in [4.78, 5) is 11.9. The molecule has 18 heavy (non-hydrogen) atoms. The van der Waals surface area contributed by atoms with Gasteiger partial charge in [-0.2, -0.15) is 0 Å². The van der Waals surface area contributed by atoms with Gasteiger partial charge < -0.3 is 10.1 Å². The van der Waals surface area contributed by atoms with Crippen LogP contribution in [-0.4, -0.2) is 25.7 Å². The van der Waals surface area contributed by atoms with Gasteiger partial charge in [-0.05, 0) is 59.3 Å². The van der Waals surface area contributed by atoms with Crippen molar-refractivity contribution < 1.29 is 9.53 Å². The van der Waals surface area contributed by atoms with E-state index in [9.17, 15) is 4.79 Å². The zero-order valence-corrected chi connectivity index (χ0v) is 12.1. The Kier molecular flexibility index (Phi) is 4.78. The van der Waals surface area contributed by atoms with Crippen LogP contribution in [0.3, 0.4) is 0 Å². The molecule has 98 valence electrons. The number of hydrogen-bond acceptors (Lipinski definition) is 2.